The van der Waals surface area contributed by atoms with Crippen LogP contribution in [-0.2, 0) is 22.4 Å². The van der Waals surface area contributed by atoms with E-state index in [-0.39, 0.29) is 0 Å². The first kappa shape index (κ1) is 20.9. The minimum absolute atomic E-state index is 0.413. The number of nitrogens with one attached hydrogen (secondary N) is 1. The summed E-state index contributed by atoms with van der Waals surface area (Å²) in [5.74, 6) is 0.413. The van der Waals surface area contributed by atoms with Crippen LogP contribution in [0.25, 0.3) is 0 Å². The van der Waals surface area contributed by atoms with Gasteiger partial charge in [-0.05, 0) is 47.8 Å². The SMILES string of the molecule is Cc1ccc(CN(C2=C(NC=O)N(C)C(S(=O)[O-])S2)c2ccc(C#N)cc2)cc1. The summed E-state index contributed by atoms with van der Waals surface area (Å²) in [6, 6.07) is 17.1. The Morgan fingerprint density at radius 3 is 2.48 bits per heavy atom. The predicted octanol–water partition coefficient (Wildman–Crippen LogP) is 2.59. The van der Waals surface area contributed by atoms with Crippen molar-refractivity contribution in [1.29, 1.82) is 5.26 Å². The molecule has 0 radical (unpaired) electrons. The molecule has 0 saturated carbocycles. The van der Waals surface area contributed by atoms with Gasteiger partial charge in [0.2, 0.25) is 6.41 Å². The van der Waals surface area contributed by atoms with Gasteiger partial charge >= 0.3 is 0 Å². The van der Waals surface area contributed by atoms with Crippen molar-refractivity contribution >= 4 is 34.9 Å². The van der Waals surface area contributed by atoms with Crippen molar-refractivity contribution in [2.24, 2.45) is 0 Å². The average Bonchev–Trinajstić information content (AvgIpc) is 3.04. The lowest BCUT2D eigenvalue weighted by Crippen LogP contribution is -2.33. The zero-order valence-corrected chi connectivity index (χ0v) is 17.5. The van der Waals surface area contributed by atoms with Crippen LogP contribution in [-0.4, -0.2) is 31.8 Å². The van der Waals surface area contributed by atoms with Crippen LogP contribution < -0.4 is 10.2 Å². The molecule has 2 aromatic rings. The fourth-order valence-corrected chi connectivity index (χ4v) is 4.96. The third-order valence-corrected chi connectivity index (χ3v) is 7.02. The second-order valence-corrected chi connectivity index (χ2v) is 8.78. The van der Waals surface area contributed by atoms with Crippen LogP contribution in [0, 0.1) is 18.3 Å². The molecule has 1 heterocycles. The number of amides is 1. The van der Waals surface area contributed by atoms with Crippen LogP contribution in [0.5, 0.6) is 0 Å². The highest BCUT2D eigenvalue weighted by atomic mass is 32.2. The number of rotatable bonds is 7. The van der Waals surface area contributed by atoms with Crippen LogP contribution in [0.15, 0.2) is 59.4 Å². The Hall–Kier alpha value is -2.80. The Bertz CT molecular complexity index is 984. The van der Waals surface area contributed by atoms with Gasteiger partial charge < -0.3 is 19.7 Å². The number of hydrogen-bond donors (Lipinski definition) is 1. The summed E-state index contributed by atoms with van der Waals surface area (Å²) in [6.45, 7) is 2.47. The molecule has 0 aromatic heterocycles. The summed E-state index contributed by atoms with van der Waals surface area (Å²) in [5.41, 5.74) is 3.47. The molecule has 7 nitrogen and oxygen atoms in total. The van der Waals surface area contributed by atoms with Crippen molar-refractivity contribution in [3.8, 4) is 6.07 Å². The van der Waals surface area contributed by atoms with E-state index >= 15 is 0 Å². The van der Waals surface area contributed by atoms with E-state index in [1.807, 2.05) is 36.1 Å². The number of hydrogen-bond acceptors (Lipinski definition) is 7. The Morgan fingerprint density at radius 2 is 1.93 bits per heavy atom. The van der Waals surface area contributed by atoms with Gasteiger partial charge in [-0.25, -0.2) is 0 Å². The monoisotopic (exact) mass is 427 g/mol. The Balaban J connectivity index is 2.06. The second kappa shape index (κ2) is 9.13. The van der Waals surface area contributed by atoms with E-state index in [9.17, 15) is 13.6 Å². The summed E-state index contributed by atoms with van der Waals surface area (Å²) in [6.07, 6.45) is 0.533. The first-order valence-electron chi connectivity index (χ1n) is 8.70. The molecule has 0 bridgehead atoms. The van der Waals surface area contributed by atoms with Crippen LogP contribution in [0.4, 0.5) is 5.69 Å². The molecule has 0 aliphatic carbocycles. The molecule has 2 atom stereocenters. The summed E-state index contributed by atoms with van der Waals surface area (Å²) in [5, 5.41) is 12.3. The van der Waals surface area contributed by atoms with Crippen molar-refractivity contribution in [1.82, 2.24) is 10.2 Å². The van der Waals surface area contributed by atoms with Gasteiger partial charge in [-0.1, -0.05) is 41.6 Å². The minimum atomic E-state index is -2.37. The number of carbonyl (C=O) groups excluding carboxylic acids is 1. The number of benzene rings is 2. The van der Waals surface area contributed by atoms with Gasteiger partial charge in [-0.15, -0.1) is 0 Å². The maximum Gasteiger partial charge on any atom is 0.212 e. The topological polar surface area (TPSA) is 99.5 Å². The van der Waals surface area contributed by atoms with Crippen molar-refractivity contribution in [2.75, 3.05) is 11.9 Å². The third-order valence-electron chi connectivity index (χ3n) is 4.46. The van der Waals surface area contributed by atoms with Gasteiger partial charge in [-0.3, -0.25) is 9.00 Å². The maximum absolute atomic E-state index is 11.7. The largest absolute Gasteiger partial charge is 0.770 e. The molecule has 0 saturated heterocycles. The lowest BCUT2D eigenvalue weighted by molar-refractivity contribution is -0.109. The number of thioether (sulfide) groups is 1. The van der Waals surface area contributed by atoms with Gasteiger partial charge in [0, 0.05) is 19.3 Å². The molecule has 1 amide bonds. The second-order valence-electron chi connectivity index (χ2n) is 6.44. The molecular formula is C20H19N4O3S2-. The summed E-state index contributed by atoms with van der Waals surface area (Å²) in [7, 11) is 1.62. The van der Waals surface area contributed by atoms with Crippen LogP contribution in [0.3, 0.4) is 0 Å². The Morgan fingerprint density at radius 1 is 1.28 bits per heavy atom. The van der Waals surface area contributed by atoms with Crippen molar-refractivity contribution < 1.29 is 13.6 Å². The highest BCUT2D eigenvalue weighted by molar-refractivity contribution is 8.12. The number of nitrogens with zero attached hydrogens (tertiary/aromatic N) is 3. The molecule has 2 unspecified atom stereocenters. The summed E-state index contributed by atoms with van der Waals surface area (Å²) in [4.78, 5) is 14.6. The maximum atomic E-state index is 11.7. The molecular weight excluding hydrogens is 408 g/mol. The van der Waals surface area contributed by atoms with E-state index in [1.165, 1.54) is 4.90 Å². The van der Waals surface area contributed by atoms with E-state index in [0.29, 0.717) is 29.4 Å². The standard InChI is InChI=1S/C20H20N4O3S2/c1-14-3-5-16(6-4-14)12-24(17-9-7-15(11-21)8-10-17)19-18(22-13-25)23(2)20(28-19)29(26)27/h3-10,13,20H,12H2,1-2H3,(H,22,25)(H,26,27)/p-1. The first-order chi connectivity index (χ1) is 13.9. The number of carbonyl (C=O) groups is 1. The molecule has 2 aromatic carbocycles. The molecule has 150 valence electrons. The number of anilines is 1. The van der Waals surface area contributed by atoms with Gasteiger partial charge in [0.05, 0.1) is 11.6 Å². The van der Waals surface area contributed by atoms with E-state index in [2.05, 4.69) is 11.4 Å². The van der Waals surface area contributed by atoms with Crippen LogP contribution in [0.2, 0.25) is 0 Å². The number of nitriles is 1. The molecule has 0 spiro atoms. The van der Waals surface area contributed by atoms with Crippen LogP contribution in [0.1, 0.15) is 16.7 Å². The zero-order valence-electron chi connectivity index (χ0n) is 15.9. The molecule has 1 aliphatic heterocycles. The van der Waals surface area contributed by atoms with Gasteiger partial charge in [0.25, 0.3) is 0 Å². The third kappa shape index (κ3) is 4.62. The molecule has 3 rings (SSSR count). The fraction of sp³-hybridized carbons (Fsp3) is 0.200. The zero-order chi connectivity index (χ0) is 21.0. The summed E-state index contributed by atoms with van der Waals surface area (Å²) < 4.78 is 22.5. The molecule has 9 heteroatoms. The van der Waals surface area contributed by atoms with Gasteiger partial charge in [0.1, 0.15) is 15.6 Å². The predicted molar refractivity (Wildman–Crippen MR) is 113 cm³/mol. The Labute approximate surface area is 176 Å². The van der Waals surface area contributed by atoms with Gasteiger partial charge in [-0.2, -0.15) is 5.26 Å². The van der Waals surface area contributed by atoms with Crippen molar-refractivity contribution in [2.45, 2.75) is 18.2 Å². The van der Waals surface area contributed by atoms with E-state index in [4.69, 9.17) is 5.26 Å². The minimum Gasteiger partial charge on any atom is -0.770 e. The van der Waals surface area contributed by atoms with Crippen molar-refractivity contribution in [3.63, 3.8) is 0 Å². The first-order valence-corrected chi connectivity index (χ1v) is 10.7. The molecule has 0 fully saturated rings. The van der Waals surface area contributed by atoms with Crippen molar-refractivity contribution in [3.05, 3.63) is 76.1 Å². The van der Waals surface area contributed by atoms with E-state index in [1.54, 1.807) is 31.3 Å². The fourth-order valence-electron chi connectivity index (χ4n) is 2.94. The van der Waals surface area contributed by atoms with Gasteiger partial charge in [0.15, 0.2) is 0 Å². The lowest BCUT2D eigenvalue weighted by Gasteiger charge is -2.26. The average molecular weight is 428 g/mol. The molecule has 1 N–H and O–H groups in total. The number of aryl methyl sites for hydroxylation is 1. The molecule has 29 heavy (non-hydrogen) atoms. The van der Waals surface area contributed by atoms with Crippen LogP contribution >= 0.6 is 11.8 Å². The smallest absolute Gasteiger partial charge is 0.212 e. The normalized spacial score (nSPS) is 17.0. The quantitative estimate of drug-likeness (QED) is 0.535. The highest BCUT2D eigenvalue weighted by Crippen LogP contribution is 2.41. The van der Waals surface area contributed by atoms with E-state index < -0.39 is 15.8 Å². The lowest BCUT2D eigenvalue weighted by atomic mass is 10.1. The summed E-state index contributed by atoms with van der Waals surface area (Å²) >= 11 is -1.23. The highest BCUT2D eigenvalue weighted by Gasteiger charge is 2.34. The Kier molecular flexibility index (Phi) is 6.59. The van der Waals surface area contributed by atoms with E-state index in [0.717, 1.165) is 28.6 Å². The molecule has 1 aliphatic rings.